The van der Waals surface area contributed by atoms with Crippen LogP contribution in [0.4, 0.5) is 5.69 Å². The third-order valence-corrected chi connectivity index (χ3v) is 3.89. The molecular weight excluding hydrogens is 292 g/mol. The van der Waals surface area contributed by atoms with E-state index in [2.05, 4.69) is 10.2 Å². The van der Waals surface area contributed by atoms with Crippen LogP contribution in [-0.4, -0.2) is 33.4 Å². The number of rotatable bonds is 8. The van der Waals surface area contributed by atoms with E-state index < -0.39 is 4.92 Å². The lowest BCUT2D eigenvalue weighted by Gasteiger charge is -2.05. The van der Waals surface area contributed by atoms with Crippen LogP contribution in [-0.2, 0) is 17.0 Å². The van der Waals surface area contributed by atoms with E-state index in [1.54, 1.807) is 37.3 Å². The molecule has 2 aromatic rings. The maximum atomic E-state index is 10.6. The molecule has 0 spiro atoms. The Kier molecular flexibility index (Phi) is 5.70. The van der Waals surface area contributed by atoms with Crippen molar-refractivity contribution in [3.05, 3.63) is 46.3 Å². The standard InChI is InChI=1S/C13H16N4O3S/c1-20-8-2-7-16-10-14-15-13(16)21-9-11-3-5-12(6-4-11)17(18)19/h3-6,10H,2,7-9H2,1H3. The number of hydrogen-bond acceptors (Lipinski definition) is 6. The molecule has 1 aromatic heterocycles. The lowest BCUT2D eigenvalue weighted by atomic mass is 10.2. The highest BCUT2D eigenvalue weighted by Gasteiger charge is 2.07. The molecule has 1 aromatic carbocycles. The van der Waals surface area contributed by atoms with Crippen molar-refractivity contribution in [2.24, 2.45) is 0 Å². The first-order valence-electron chi connectivity index (χ1n) is 6.43. The molecule has 0 atom stereocenters. The summed E-state index contributed by atoms with van der Waals surface area (Å²) in [6.45, 7) is 1.51. The Bertz CT molecular complexity index is 585. The van der Waals surface area contributed by atoms with Gasteiger partial charge in [0.05, 0.1) is 4.92 Å². The van der Waals surface area contributed by atoms with E-state index in [0.29, 0.717) is 12.4 Å². The number of aryl methyl sites for hydroxylation is 1. The summed E-state index contributed by atoms with van der Waals surface area (Å²) >= 11 is 1.56. The van der Waals surface area contributed by atoms with Gasteiger partial charge in [-0.05, 0) is 12.0 Å². The molecule has 0 radical (unpaired) electrons. The second kappa shape index (κ2) is 7.75. The van der Waals surface area contributed by atoms with Gasteiger partial charge in [-0.25, -0.2) is 0 Å². The number of nitro groups is 1. The molecule has 0 amide bonds. The highest BCUT2D eigenvalue weighted by atomic mass is 32.2. The molecule has 0 N–H and O–H groups in total. The van der Waals surface area contributed by atoms with Crippen LogP contribution >= 0.6 is 11.8 Å². The summed E-state index contributed by atoms with van der Waals surface area (Å²) in [5.74, 6) is 0.695. The van der Waals surface area contributed by atoms with Crippen LogP contribution in [0.1, 0.15) is 12.0 Å². The van der Waals surface area contributed by atoms with Crippen molar-refractivity contribution in [1.29, 1.82) is 0 Å². The smallest absolute Gasteiger partial charge is 0.269 e. The molecule has 0 fully saturated rings. The second-order valence-electron chi connectivity index (χ2n) is 4.37. The predicted molar refractivity (Wildman–Crippen MR) is 79.2 cm³/mol. The number of ether oxygens (including phenoxy) is 1. The van der Waals surface area contributed by atoms with Gasteiger partial charge in [-0.15, -0.1) is 10.2 Å². The fraction of sp³-hybridized carbons (Fsp3) is 0.385. The molecule has 0 saturated carbocycles. The predicted octanol–water partition coefficient (Wildman–Crippen LogP) is 2.52. The molecule has 1 heterocycles. The molecule has 0 aliphatic carbocycles. The number of thioether (sulfide) groups is 1. The van der Waals surface area contributed by atoms with Gasteiger partial charge in [0.1, 0.15) is 6.33 Å². The van der Waals surface area contributed by atoms with Crippen molar-refractivity contribution in [1.82, 2.24) is 14.8 Å². The monoisotopic (exact) mass is 308 g/mol. The summed E-state index contributed by atoms with van der Waals surface area (Å²) in [5.41, 5.74) is 1.11. The molecule has 0 unspecified atom stereocenters. The average molecular weight is 308 g/mol. The molecule has 0 bridgehead atoms. The Hall–Kier alpha value is -1.93. The van der Waals surface area contributed by atoms with Crippen LogP contribution in [0.5, 0.6) is 0 Å². The Morgan fingerprint density at radius 1 is 1.38 bits per heavy atom. The summed E-state index contributed by atoms with van der Waals surface area (Å²) in [4.78, 5) is 10.2. The first-order chi connectivity index (χ1) is 10.2. The van der Waals surface area contributed by atoms with Crippen molar-refractivity contribution in [3.63, 3.8) is 0 Å². The third kappa shape index (κ3) is 4.54. The van der Waals surface area contributed by atoms with Crippen LogP contribution < -0.4 is 0 Å². The van der Waals surface area contributed by atoms with Crippen molar-refractivity contribution in [2.75, 3.05) is 13.7 Å². The maximum Gasteiger partial charge on any atom is 0.269 e. The summed E-state index contributed by atoms with van der Waals surface area (Å²) in [5, 5.41) is 19.4. The maximum absolute atomic E-state index is 10.6. The summed E-state index contributed by atoms with van der Waals surface area (Å²) in [7, 11) is 1.68. The number of benzene rings is 1. The summed E-state index contributed by atoms with van der Waals surface area (Å²) in [6.07, 6.45) is 2.60. The van der Waals surface area contributed by atoms with Gasteiger partial charge in [0.2, 0.25) is 0 Å². The van der Waals surface area contributed by atoms with E-state index in [1.165, 1.54) is 12.1 Å². The Morgan fingerprint density at radius 2 is 2.14 bits per heavy atom. The minimum atomic E-state index is -0.399. The molecule has 0 aliphatic heterocycles. The largest absolute Gasteiger partial charge is 0.385 e. The first kappa shape index (κ1) is 15.5. The number of non-ortho nitro benzene ring substituents is 1. The number of hydrogen-bond donors (Lipinski definition) is 0. The molecule has 112 valence electrons. The lowest BCUT2D eigenvalue weighted by molar-refractivity contribution is -0.384. The van der Waals surface area contributed by atoms with Gasteiger partial charge in [-0.2, -0.15) is 0 Å². The van der Waals surface area contributed by atoms with Crippen LogP contribution in [0.2, 0.25) is 0 Å². The van der Waals surface area contributed by atoms with E-state index in [-0.39, 0.29) is 5.69 Å². The first-order valence-corrected chi connectivity index (χ1v) is 7.42. The average Bonchev–Trinajstić information content (AvgIpc) is 2.93. The van der Waals surface area contributed by atoms with Gasteiger partial charge in [0.25, 0.3) is 5.69 Å². The lowest BCUT2D eigenvalue weighted by Crippen LogP contribution is -2.02. The highest BCUT2D eigenvalue weighted by Crippen LogP contribution is 2.22. The minimum absolute atomic E-state index is 0.103. The Labute approximate surface area is 126 Å². The van der Waals surface area contributed by atoms with Crippen molar-refractivity contribution in [3.8, 4) is 0 Å². The molecule has 0 aliphatic rings. The van der Waals surface area contributed by atoms with Crippen molar-refractivity contribution in [2.45, 2.75) is 23.9 Å². The number of nitrogens with zero attached hydrogens (tertiary/aromatic N) is 4. The van der Waals surface area contributed by atoms with E-state index in [1.807, 2.05) is 4.57 Å². The minimum Gasteiger partial charge on any atom is -0.385 e. The zero-order chi connectivity index (χ0) is 15.1. The summed E-state index contributed by atoms with van der Waals surface area (Å²) < 4.78 is 7.01. The van der Waals surface area contributed by atoms with E-state index in [0.717, 1.165) is 23.7 Å². The number of methoxy groups -OCH3 is 1. The van der Waals surface area contributed by atoms with Crippen molar-refractivity contribution < 1.29 is 9.66 Å². The quantitative estimate of drug-likeness (QED) is 0.322. The fourth-order valence-corrected chi connectivity index (χ4v) is 2.65. The molecule has 8 heteroatoms. The number of aromatic nitrogens is 3. The van der Waals surface area contributed by atoms with E-state index in [4.69, 9.17) is 4.74 Å². The Balaban J connectivity index is 1.90. The van der Waals surface area contributed by atoms with Gasteiger partial charge < -0.3 is 9.30 Å². The van der Waals surface area contributed by atoms with Crippen LogP contribution in [0.3, 0.4) is 0 Å². The Morgan fingerprint density at radius 3 is 2.81 bits per heavy atom. The van der Waals surface area contributed by atoms with Crippen LogP contribution in [0.25, 0.3) is 0 Å². The summed E-state index contributed by atoms with van der Waals surface area (Å²) in [6, 6.07) is 6.55. The van der Waals surface area contributed by atoms with Crippen LogP contribution in [0.15, 0.2) is 35.7 Å². The molecule has 7 nitrogen and oxygen atoms in total. The zero-order valence-electron chi connectivity index (χ0n) is 11.6. The van der Waals surface area contributed by atoms with Crippen LogP contribution in [0, 0.1) is 10.1 Å². The molecule has 21 heavy (non-hydrogen) atoms. The molecule has 2 rings (SSSR count). The SMILES string of the molecule is COCCCn1cnnc1SCc1ccc([N+](=O)[O-])cc1. The zero-order valence-corrected chi connectivity index (χ0v) is 12.5. The van der Waals surface area contributed by atoms with E-state index in [9.17, 15) is 10.1 Å². The normalized spacial score (nSPS) is 10.7. The van der Waals surface area contributed by atoms with Gasteiger partial charge in [0.15, 0.2) is 5.16 Å². The molecular formula is C13H16N4O3S. The highest BCUT2D eigenvalue weighted by molar-refractivity contribution is 7.98. The van der Waals surface area contributed by atoms with Gasteiger partial charge in [-0.1, -0.05) is 23.9 Å². The van der Waals surface area contributed by atoms with Gasteiger partial charge in [0, 0.05) is 38.1 Å². The van der Waals surface area contributed by atoms with Crippen molar-refractivity contribution >= 4 is 17.4 Å². The second-order valence-corrected chi connectivity index (χ2v) is 5.31. The third-order valence-electron chi connectivity index (χ3n) is 2.84. The number of nitro benzene ring substituents is 1. The fourth-order valence-electron chi connectivity index (χ4n) is 1.75. The van der Waals surface area contributed by atoms with E-state index >= 15 is 0 Å². The van der Waals surface area contributed by atoms with Gasteiger partial charge in [-0.3, -0.25) is 10.1 Å². The molecule has 0 saturated heterocycles. The topological polar surface area (TPSA) is 83.1 Å². The van der Waals surface area contributed by atoms with Gasteiger partial charge >= 0.3 is 0 Å².